The normalized spacial score (nSPS) is 17.8. The van der Waals surface area contributed by atoms with Crippen LogP contribution in [0.5, 0.6) is 0 Å². The van der Waals surface area contributed by atoms with Crippen LogP contribution in [0.15, 0.2) is 84.1 Å². The average Bonchev–Trinajstić information content (AvgIpc) is 3.13. The topological polar surface area (TPSA) is 12.0 Å². The van der Waals surface area contributed by atoms with Crippen LogP contribution in [-0.2, 0) is 10.8 Å². The summed E-state index contributed by atoms with van der Waals surface area (Å²) in [5, 5.41) is 3.83. The first-order valence-corrected chi connectivity index (χ1v) is 11.8. The summed E-state index contributed by atoms with van der Waals surface area (Å²) in [7, 11) is 0. The maximum Gasteiger partial charge on any atom is 0.0423 e. The van der Waals surface area contributed by atoms with E-state index in [1.54, 1.807) is 0 Å². The molecule has 3 aromatic rings. The average molecular weight is 420 g/mol. The second-order valence-electron chi connectivity index (χ2n) is 10.3. The third kappa shape index (κ3) is 2.91. The quantitative estimate of drug-likeness (QED) is 0.447. The molecule has 0 atom stereocenters. The number of anilines is 1. The van der Waals surface area contributed by atoms with E-state index in [2.05, 4.69) is 120 Å². The Kier molecular flexibility index (Phi) is 4.71. The number of allylic oxidation sites excluding steroid dienone is 3. The van der Waals surface area contributed by atoms with Crippen molar-refractivity contribution < 1.29 is 0 Å². The predicted molar refractivity (Wildman–Crippen MR) is 138 cm³/mol. The highest BCUT2D eigenvalue weighted by Crippen LogP contribution is 2.51. The number of hydrogen-bond donors (Lipinski definition) is 1. The molecule has 0 radical (unpaired) electrons. The molecule has 0 aliphatic heterocycles. The van der Waals surface area contributed by atoms with Crippen LogP contribution >= 0.6 is 0 Å². The van der Waals surface area contributed by atoms with Gasteiger partial charge in [0, 0.05) is 27.8 Å². The molecule has 0 heterocycles. The highest BCUT2D eigenvalue weighted by Gasteiger charge is 2.37. The van der Waals surface area contributed by atoms with Crippen LogP contribution in [0.2, 0.25) is 0 Å². The minimum atomic E-state index is 0.00931. The second kappa shape index (κ2) is 7.24. The van der Waals surface area contributed by atoms with Gasteiger partial charge in [0.05, 0.1) is 0 Å². The second-order valence-corrected chi connectivity index (χ2v) is 10.3. The molecule has 1 heteroatoms. The number of benzene rings is 3. The van der Waals surface area contributed by atoms with Crippen molar-refractivity contribution >= 4 is 11.3 Å². The lowest BCUT2D eigenvalue weighted by molar-refractivity contribution is 0.639. The monoisotopic (exact) mass is 419 g/mol. The molecule has 0 fully saturated rings. The van der Waals surface area contributed by atoms with Gasteiger partial charge >= 0.3 is 0 Å². The van der Waals surface area contributed by atoms with Gasteiger partial charge in [-0.1, -0.05) is 101 Å². The van der Waals surface area contributed by atoms with Crippen molar-refractivity contribution in [2.75, 3.05) is 5.32 Å². The maximum absolute atomic E-state index is 3.83. The van der Waals surface area contributed by atoms with Gasteiger partial charge in [0.2, 0.25) is 0 Å². The molecule has 3 aromatic carbocycles. The molecule has 2 aliphatic carbocycles. The zero-order chi connectivity index (χ0) is 22.7. The lowest BCUT2D eigenvalue weighted by atomic mass is 9.82. The molecule has 1 nitrogen and oxygen atoms in total. The van der Waals surface area contributed by atoms with Gasteiger partial charge < -0.3 is 5.32 Å². The van der Waals surface area contributed by atoms with Crippen LogP contribution in [0.1, 0.15) is 70.2 Å². The Hall–Kier alpha value is -3.06. The fourth-order valence-electron chi connectivity index (χ4n) is 5.67. The van der Waals surface area contributed by atoms with Gasteiger partial charge in [-0.3, -0.25) is 0 Å². The SMILES string of the molecule is CC/C=C(/Nc1ccc2c(c1)C(C)(C)c1ccccc1-2)C1=C(C)C(C)(C)c2ccccc21. The lowest BCUT2D eigenvalue weighted by Gasteiger charge is -2.23. The molecule has 5 rings (SSSR count). The summed E-state index contributed by atoms with van der Waals surface area (Å²) in [6.45, 7) is 13.9. The number of hydrogen-bond acceptors (Lipinski definition) is 1. The molecular weight excluding hydrogens is 386 g/mol. The van der Waals surface area contributed by atoms with Crippen LogP contribution in [0.3, 0.4) is 0 Å². The van der Waals surface area contributed by atoms with E-state index in [1.165, 1.54) is 50.2 Å². The highest BCUT2D eigenvalue weighted by molar-refractivity contribution is 5.91. The number of rotatable bonds is 4. The standard InChI is InChI=1S/C31H33N/c1-7-12-28(29-20(2)30(3,4)26-16-11-9-14-24(26)29)32-21-17-18-23-22-13-8-10-15-25(22)31(5,6)27(23)19-21/h8-19,32H,7H2,1-6H3/b28-12+. The summed E-state index contributed by atoms with van der Waals surface area (Å²) in [6, 6.07) is 24.6. The van der Waals surface area contributed by atoms with Crippen LogP contribution in [0.25, 0.3) is 16.7 Å². The molecule has 0 aromatic heterocycles. The predicted octanol–water partition coefficient (Wildman–Crippen LogP) is 8.46. The van der Waals surface area contributed by atoms with E-state index in [0.29, 0.717) is 0 Å². The molecular formula is C31H33N. The van der Waals surface area contributed by atoms with Crippen molar-refractivity contribution in [1.29, 1.82) is 0 Å². The minimum absolute atomic E-state index is 0.00931. The number of nitrogens with one attached hydrogen (secondary N) is 1. The summed E-state index contributed by atoms with van der Waals surface area (Å²) in [5.74, 6) is 0. The first-order chi connectivity index (χ1) is 15.3. The highest BCUT2D eigenvalue weighted by atomic mass is 14.9. The summed E-state index contributed by atoms with van der Waals surface area (Å²) in [5.41, 5.74) is 13.5. The zero-order valence-electron chi connectivity index (χ0n) is 20.1. The van der Waals surface area contributed by atoms with Crippen LogP contribution in [-0.4, -0.2) is 0 Å². The molecule has 32 heavy (non-hydrogen) atoms. The first kappa shape index (κ1) is 20.8. The fraction of sp³-hybridized carbons (Fsp3) is 0.290. The maximum atomic E-state index is 3.83. The van der Waals surface area contributed by atoms with Gasteiger partial charge in [-0.05, 0) is 58.9 Å². The fourth-order valence-corrected chi connectivity index (χ4v) is 5.67. The van der Waals surface area contributed by atoms with Crippen LogP contribution in [0.4, 0.5) is 5.69 Å². The molecule has 0 unspecified atom stereocenters. The molecule has 1 N–H and O–H groups in total. The molecule has 0 saturated carbocycles. The Labute approximate surface area is 192 Å². The van der Waals surface area contributed by atoms with Gasteiger partial charge in [-0.25, -0.2) is 0 Å². The molecule has 2 aliphatic rings. The van der Waals surface area contributed by atoms with Gasteiger partial charge in [0.15, 0.2) is 0 Å². The van der Waals surface area contributed by atoms with Crippen molar-refractivity contribution in [3.05, 3.63) is 106 Å². The van der Waals surface area contributed by atoms with Crippen molar-refractivity contribution in [2.45, 2.75) is 58.8 Å². The largest absolute Gasteiger partial charge is 0.355 e. The van der Waals surface area contributed by atoms with E-state index in [0.717, 1.165) is 12.1 Å². The van der Waals surface area contributed by atoms with Gasteiger partial charge in [-0.2, -0.15) is 0 Å². The summed E-state index contributed by atoms with van der Waals surface area (Å²) in [6.07, 6.45) is 3.33. The van der Waals surface area contributed by atoms with Gasteiger partial charge in [0.25, 0.3) is 0 Å². The summed E-state index contributed by atoms with van der Waals surface area (Å²) in [4.78, 5) is 0. The van der Waals surface area contributed by atoms with E-state index < -0.39 is 0 Å². The van der Waals surface area contributed by atoms with Crippen molar-refractivity contribution in [3.8, 4) is 11.1 Å². The summed E-state index contributed by atoms with van der Waals surface area (Å²) < 4.78 is 0. The Morgan fingerprint density at radius 3 is 2.03 bits per heavy atom. The Morgan fingerprint density at radius 1 is 0.750 bits per heavy atom. The smallest absolute Gasteiger partial charge is 0.0423 e. The Balaban J connectivity index is 1.58. The number of fused-ring (bicyclic) bond motifs is 4. The molecule has 0 bridgehead atoms. The van der Waals surface area contributed by atoms with Crippen LogP contribution in [0, 0.1) is 0 Å². The molecule has 162 valence electrons. The van der Waals surface area contributed by atoms with Gasteiger partial charge in [0.1, 0.15) is 0 Å². The summed E-state index contributed by atoms with van der Waals surface area (Å²) >= 11 is 0. The first-order valence-electron chi connectivity index (χ1n) is 11.8. The van der Waals surface area contributed by atoms with Crippen LogP contribution < -0.4 is 5.32 Å². The zero-order valence-corrected chi connectivity index (χ0v) is 20.1. The van der Waals surface area contributed by atoms with E-state index in [-0.39, 0.29) is 10.8 Å². The lowest BCUT2D eigenvalue weighted by Crippen LogP contribution is -2.15. The minimum Gasteiger partial charge on any atom is -0.355 e. The molecule has 0 saturated heterocycles. The third-order valence-electron chi connectivity index (χ3n) is 7.72. The van der Waals surface area contributed by atoms with Gasteiger partial charge in [-0.15, -0.1) is 0 Å². The Bertz CT molecular complexity index is 1280. The van der Waals surface area contributed by atoms with Crippen molar-refractivity contribution in [2.24, 2.45) is 0 Å². The van der Waals surface area contributed by atoms with E-state index >= 15 is 0 Å². The van der Waals surface area contributed by atoms with Crippen molar-refractivity contribution in [3.63, 3.8) is 0 Å². The third-order valence-corrected chi connectivity index (χ3v) is 7.72. The van der Waals surface area contributed by atoms with Crippen molar-refractivity contribution in [1.82, 2.24) is 0 Å². The van der Waals surface area contributed by atoms with E-state index in [9.17, 15) is 0 Å². The van der Waals surface area contributed by atoms with E-state index in [1.807, 2.05) is 0 Å². The Morgan fingerprint density at radius 2 is 1.34 bits per heavy atom. The molecule has 0 amide bonds. The molecule has 0 spiro atoms. The van der Waals surface area contributed by atoms with E-state index in [4.69, 9.17) is 0 Å².